The Morgan fingerprint density at radius 1 is 1.16 bits per heavy atom. The Balaban J connectivity index is 1.46. The van der Waals surface area contributed by atoms with Gasteiger partial charge in [0.2, 0.25) is 5.95 Å². The average molecular weight is 499 g/mol. The molecule has 1 aliphatic carbocycles. The number of anilines is 3. The van der Waals surface area contributed by atoms with E-state index in [1.165, 1.54) is 12.3 Å². The van der Waals surface area contributed by atoms with E-state index in [1.54, 1.807) is 48.4 Å². The predicted molar refractivity (Wildman–Crippen MR) is 137 cm³/mol. The van der Waals surface area contributed by atoms with Crippen molar-refractivity contribution in [1.29, 1.82) is 0 Å². The molecule has 0 atom stereocenters. The number of halogens is 1. The highest BCUT2D eigenvalue weighted by atomic mass is 19.1. The van der Waals surface area contributed by atoms with E-state index in [-0.39, 0.29) is 17.2 Å². The Bertz CT molecular complexity index is 1720. The van der Waals surface area contributed by atoms with Crippen LogP contribution in [0.4, 0.5) is 21.8 Å². The van der Waals surface area contributed by atoms with Crippen LogP contribution in [0.2, 0.25) is 0 Å². The van der Waals surface area contributed by atoms with E-state index < -0.39 is 18.0 Å². The lowest BCUT2D eigenvalue weighted by molar-refractivity contribution is 0.281. The molecule has 3 aromatic heterocycles. The van der Waals surface area contributed by atoms with Gasteiger partial charge in [-0.05, 0) is 42.5 Å². The Hall–Kier alpha value is -4.64. The van der Waals surface area contributed by atoms with Crippen LogP contribution in [0.1, 0.15) is 29.9 Å². The first kappa shape index (κ1) is 22.8. The van der Waals surface area contributed by atoms with Gasteiger partial charge in [0.1, 0.15) is 11.6 Å². The molecule has 0 saturated heterocycles. The fraction of sp³-hybridized carbons (Fsp3) is 0.192. The molecule has 37 heavy (non-hydrogen) atoms. The molecular formula is C26H23FN8O2. The highest BCUT2D eigenvalue weighted by Gasteiger charge is 2.25. The first-order valence-corrected chi connectivity index (χ1v) is 11.8. The van der Waals surface area contributed by atoms with Crippen LogP contribution in [-0.2, 0) is 13.7 Å². The Morgan fingerprint density at radius 3 is 2.73 bits per heavy atom. The predicted octanol–water partition coefficient (Wildman–Crippen LogP) is 3.41. The number of hydrogen-bond acceptors (Lipinski definition) is 8. The summed E-state index contributed by atoms with van der Waals surface area (Å²) in [6.45, 7) is -0.421. The van der Waals surface area contributed by atoms with E-state index in [2.05, 4.69) is 25.5 Å². The van der Waals surface area contributed by atoms with Crippen molar-refractivity contribution < 1.29 is 9.50 Å². The minimum Gasteiger partial charge on any atom is -0.392 e. The molecule has 3 heterocycles. The van der Waals surface area contributed by atoms with Gasteiger partial charge in [-0.2, -0.15) is 19.9 Å². The minimum atomic E-state index is -0.606. The van der Waals surface area contributed by atoms with Crippen molar-refractivity contribution in [2.24, 2.45) is 7.05 Å². The number of nitrogen functional groups attached to an aromatic ring is 1. The van der Waals surface area contributed by atoms with E-state index in [9.17, 15) is 9.90 Å². The van der Waals surface area contributed by atoms with E-state index in [0.29, 0.717) is 39.5 Å². The van der Waals surface area contributed by atoms with Gasteiger partial charge in [-0.25, -0.2) is 9.37 Å². The zero-order valence-electron chi connectivity index (χ0n) is 19.9. The maximum absolute atomic E-state index is 15.1. The molecule has 0 unspecified atom stereocenters. The SMILES string of the molecule is Cn1cc(Nc2nc(N)cc(-c3cccc(-n4ncc5cc(C6CC6)cc(F)c5c4=O)c3CO)n2)cn1. The van der Waals surface area contributed by atoms with Crippen LogP contribution >= 0.6 is 0 Å². The Labute approximate surface area is 210 Å². The Morgan fingerprint density at radius 2 is 2.00 bits per heavy atom. The summed E-state index contributed by atoms with van der Waals surface area (Å²) in [5.74, 6) is 0.223. The van der Waals surface area contributed by atoms with Crippen molar-refractivity contribution in [2.45, 2.75) is 25.4 Å². The topological polar surface area (TPSA) is 137 Å². The van der Waals surface area contributed by atoms with Crippen molar-refractivity contribution >= 4 is 28.2 Å². The van der Waals surface area contributed by atoms with Crippen LogP contribution in [0.3, 0.4) is 0 Å². The molecule has 0 spiro atoms. The number of fused-ring (bicyclic) bond motifs is 1. The van der Waals surface area contributed by atoms with Crippen molar-refractivity contribution in [2.75, 3.05) is 11.1 Å². The second-order valence-corrected chi connectivity index (χ2v) is 9.09. The fourth-order valence-electron chi connectivity index (χ4n) is 4.53. The molecule has 2 aromatic carbocycles. The molecule has 0 radical (unpaired) electrons. The monoisotopic (exact) mass is 498 g/mol. The molecule has 6 rings (SSSR count). The second kappa shape index (κ2) is 8.79. The lowest BCUT2D eigenvalue weighted by Gasteiger charge is -2.15. The number of nitrogens with one attached hydrogen (secondary N) is 1. The van der Waals surface area contributed by atoms with Crippen LogP contribution in [0.15, 0.2) is 59.8 Å². The fourth-order valence-corrected chi connectivity index (χ4v) is 4.53. The lowest BCUT2D eigenvalue weighted by Crippen LogP contribution is -2.23. The van der Waals surface area contributed by atoms with Crippen LogP contribution in [0.25, 0.3) is 27.7 Å². The second-order valence-electron chi connectivity index (χ2n) is 9.09. The summed E-state index contributed by atoms with van der Waals surface area (Å²) in [4.78, 5) is 22.2. The van der Waals surface area contributed by atoms with E-state index in [1.807, 2.05) is 6.07 Å². The highest BCUT2D eigenvalue weighted by Crippen LogP contribution is 2.41. The van der Waals surface area contributed by atoms with Gasteiger partial charge in [0.15, 0.2) is 0 Å². The molecule has 5 aromatic rings. The summed E-state index contributed by atoms with van der Waals surface area (Å²) in [7, 11) is 1.79. The van der Waals surface area contributed by atoms with E-state index >= 15 is 4.39 Å². The van der Waals surface area contributed by atoms with Crippen molar-refractivity contribution in [3.8, 4) is 16.9 Å². The van der Waals surface area contributed by atoms with E-state index in [4.69, 9.17) is 5.73 Å². The van der Waals surface area contributed by atoms with E-state index in [0.717, 1.165) is 23.1 Å². The van der Waals surface area contributed by atoms with Crippen LogP contribution < -0.4 is 16.6 Å². The first-order chi connectivity index (χ1) is 17.9. The van der Waals surface area contributed by atoms with Gasteiger partial charge in [0.25, 0.3) is 5.56 Å². The smallest absolute Gasteiger partial charge is 0.282 e. The maximum atomic E-state index is 15.1. The molecule has 0 aliphatic heterocycles. The number of aryl methyl sites for hydroxylation is 1. The minimum absolute atomic E-state index is 0.0390. The maximum Gasteiger partial charge on any atom is 0.282 e. The molecule has 0 amide bonds. The van der Waals surface area contributed by atoms with Crippen LogP contribution in [0.5, 0.6) is 0 Å². The third kappa shape index (κ3) is 4.19. The van der Waals surface area contributed by atoms with Gasteiger partial charge in [-0.1, -0.05) is 12.1 Å². The van der Waals surface area contributed by atoms with Crippen molar-refractivity contribution in [3.05, 3.63) is 82.3 Å². The standard InChI is InChI=1S/C26H23FN8O2/c1-34-12-17(11-29-34)31-26-32-21(9-23(28)33-26)18-3-2-4-22(19(18)13-36)35-25(37)24-16(10-30-35)7-15(8-20(24)27)14-5-6-14/h2-4,7-12,14,36H,5-6,13H2,1H3,(H3,28,31,32,33). The van der Waals surface area contributed by atoms with Gasteiger partial charge in [0, 0.05) is 35.8 Å². The summed E-state index contributed by atoms with van der Waals surface area (Å²) in [6.07, 6.45) is 6.91. The molecule has 11 heteroatoms. The van der Waals surface area contributed by atoms with Gasteiger partial charge in [-0.15, -0.1) is 0 Å². The summed E-state index contributed by atoms with van der Waals surface area (Å²) >= 11 is 0. The van der Waals surface area contributed by atoms with Gasteiger partial charge >= 0.3 is 0 Å². The first-order valence-electron chi connectivity index (χ1n) is 11.8. The zero-order valence-corrected chi connectivity index (χ0v) is 19.9. The number of aliphatic hydroxyl groups excluding tert-OH is 1. The molecule has 10 nitrogen and oxygen atoms in total. The zero-order chi connectivity index (χ0) is 25.7. The number of nitrogens with two attached hydrogens (primary N) is 1. The number of benzene rings is 2. The molecule has 0 bridgehead atoms. The Kier molecular flexibility index (Phi) is 5.41. The van der Waals surface area contributed by atoms with Crippen molar-refractivity contribution in [1.82, 2.24) is 29.5 Å². The number of rotatable bonds is 6. The lowest BCUT2D eigenvalue weighted by atomic mass is 10.0. The normalized spacial score (nSPS) is 13.3. The van der Waals surface area contributed by atoms with Crippen LogP contribution in [-0.4, -0.2) is 34.6 Å². The summed E-state index contributed by atoms with van der Waals surface area (Å²) in [5.41, 5.74) is 8.67. The third-order valence-electron chi connectivity index (χ3n) is 6.43. The molecule has 1 saturated carbocycles. The van der Waals surface area contributed by atoms with Gasteiger partial charge in [0.05, 0.1) is 41.5 Å². The largest absolute Gasteiger partial charge is 0.392 e. The van der Waals surface area contributed by atoms with Gasteiger partial charge < -0.3 is 16.2 Å². The average Bonchev–Trinajstić information content (AvgIpc) is 3.65. The number of nitrogens with zero attached hydrogens (tertiary/aromatic N) is 6. The molecule has 186 valence electrons. The summed E-state index contributed by atoms with van der Waals surface area (Å²) in [6, 6.07) is 9.95. The summed E-state index contributed by atoms with van der Waals surface area (Å²) < 4.78 is 17.8. The number of hydrogen-bond donors (Lipinski definition) is 3. The summed E-state index contributed by atoms with van der Waals surface area (Å²) in [5, 5.41) is 22.2. The highest BCUT2D eigenvalue weighted by molar-refractivity contribution is 5.83. The quantitative estimate of drug-likeness (QED) is 0.324. The molecular weight excluding hydrogens is 475 g/mol. The number of aromatic nitrogens is 6. The number of aliphatic hydroxyl groups is 1. The van der Waals surface area contributed by atoms with Crippen molar-refractivity contribution in [3.63, 3.8) is 0 Å². The third-order valence-corrected chi connectivity index (χ3v) is 6.43. The van der Waals surface area contributed by atoms with Crippen LogP contribution in [0, 0.1) is 5.82 Å². The molecule has 1 aliphatic rings. The molecule has 1 fully saturated rings. The van der Waals surface area contributed by atoms with Gasteiger partial charge in [-0.3, -0.25) is 9.48 Å². The molecule has 4 N–H and O–H groups in total.